The zero-order valence-electron chi connectivity index (χ0n) is 26.9. The summed E-state index contributed by atoms with van der Waals surface area (Å²) in [6.45, 7) is 0. The first-order valence-corrected chi connectivity index (χ1v) is 15.0. The minimum Gasteiger partial charge on any atom is -0.341 e. The van der Waals surface area contributed by atoms with Crippen LogP contribution >= 0.6 is 0 Å². The molecule has 0 aliphatic heterocycles. The van der Waals surface area contributed by atoms with E-state index < -0.39 is 59.1 Å². The van der Waals surface area contributed by atoms with Crippen molar-refractivity contribution >= 4 is 17.3 Å². The van der Waals surface area contributed by atoms with Gasteiger partial charge in [-0.25, -0.2) is 9.36 Å². The second kappa shape index (κ2) is 14.3. The van der Waals surface area contributed by atoms with Gasteiger partial charge < -0.3 is 9.36 Å². The normalized spacial score (nSPS) is 12.5. The van der Waals surface area contributed by atoms with E-state index in [1.54, 1.807) is 18.2 Å². The third kappa shape index (κ3) is 7.88. The quantitative estimate of drug-likeness (QED) is 0.117. The molecule has 0 spiro atoms. The molecule has 7 rings (SSSR count). The Morgan fingerprint density at radius 2 is 0.857 bits per heavy atom. The molecule has 24 heteroatoms. The molecule has 0 amide bonds. The smallest absolute Gasteiger partial charge is 0.341 e. The van der Waals surface area contributed by atoms with Crippen LogP contribution in [0.25, 0.3) is 23.0 Å². The van der Waals surface area contributed by atoms with Crippen LogP contribution in [0, 0.1) is 12.4 Å². The monoisotopic (exact) mass is 976 g/mol. The van der Waals surface area contributed by atoms with Crippen molar-refractivity contribution in [2.75, 3.05) is 4.90 Å². The molecule has 11 nitrogen and oxygen atoms in total. The van der Waals surface area contributed by atoms with Gasteiger partial charge in [-0.05, 0) is 48.5 Å². The van der Waals surface area contributed by atoms with Gasteiger partial charge in [-0.1, -0.05) is 30.6 Å². The fourth-order valence-corrected chi connectivity index (χ4v) is 5.03. The maximum absolute atomic E-state index is 13.6. The molecule has 1 aromatic carbocycles. The number of rotatable bonds is 7. The number of para-hydroxylation sites is 1. The van der Waals surface area contributed by atoms with Crippen molar-refractivity contribution in [2.45, 2.75) is 24.7 Å². The van der Waals surface area contributed by atoms with Gasteiger partial charge in [0.25, 0.3) is 0 Å². The van der Waals surface area contributed by atoms with Crippen LogP contribution in [0.1, 0.15) is 22.8 Å². The Morgan fingerprint density at radius 1 is 0.464 bits per heavy atom. The fraction of sp³-hybridized carbons (Fsp3) is 0.125. The molecule has 0 N–H and O–H groups in total. The van der Waals surface area contributed by atoms with Gasteiger partial charge in [-0.2, -0.15) is 62.9 Å². The van der Waals surface area contributed by atoms with Crippen molar-refractivity contribution in [3.8, 4) is 23.0 Å². The molecular formula is C32H15F12N11Pt. The third-order valence-electron chi connectivity index (χ3n) is 7.45. The number of alkyl halides is 12. The Labute approximate surface area is 318 Å². The molecule has 0 saturated heterocycles. The molecule has 6 heterocycles. The average molecular weight is 977 g/mol. The van der Waals surface area contributed by atoms with Crippen molar-refractivity contribution in [2.24, 2.45) is 0 Å². The predicted octanol–water partition coefficient (Wildman–Crippen LogP) is 8.36. The van der Waals surface area contributed by atoms with Crippen LogP contribution in [0.2, 0.25) is 0 Å². The number of aromatic nitrogens is 10. The molecule has 7 aromatic rings. The van der Waals surface area contributed by atoms with E-state index in [9.17, 15) is 52.7 Å². The van der Waals surface area contributed by atoms with Crippen LogP contribution in [0.4, 0.5) is 70.0 Å². The molecule has 292 valence electrons. The minimum atomic E-state index is -4.96. The number of pyridine rings is 2. The summed E-state index contributed by atoms with van der Waals surface area (Å²) in [5.41, 5.74) is -5.90. The van der Waals surface area contributed by atoms with Crippen molar-refractivity contribution in [3.63, 3.8) is 0 Å². The molecule has 0 aliphatic carbocycles. The molecule has 0 radical (unpaired) electrons. The molecule has 0 unspecified atom stereocenters. The van der Waals surface area contributed by atoms with Gasteiger partial charge in [0.1, 0.15) is 11.6 Å². The van der Waals surface area contributed by atoms with Crippen molar-refractivity contribution in [3.05, 3.63) is 126 Å². The maximum atomic E-state index is 13.6. The predicted molar refractivity (Wildman–Crippen MR) is 163 cm³/mol. The summed E-state index contributed by atoms with van der Waals surface area (Å²) >= 11 is 0. The number of halogens is 12. The van der Waals surface area contributed by atoms with Gasteiger partial charge in [0.2, 0.25) is 0 Å². The number of anilines is 3. The van der Waals surface area contributed by atoms with E-state index in [0.29, 0.717) is 43.0 Å². The minimum absolute atomic E-state index is 0. The molecule has 0 fully saturated rings. The molecule has 56 heavy (non-hydrogen) atoms. The average Bonchev–Trinajstić information content (AvgIpc) is 3.94. The Bertz CT molecular complexity index is 2320. The summed E-state index contributed by atoms with van der Waals surface area (Å²) in [7, 11) is 0. The summed E-state index contributed by atoms with van der Waals surface area (Å²) in [6, 6.07) is 14.6. The Balaban J connectivity index is 0.00000532. The van der Waals surface area contributed by atoms with Crippen LogP contribution < -0.4 is 4.90 Å². The summed E-state index contributed by atoms with van der Waals surface area (Å²) in [5, 5.41) is 13.9. The van der Waals surface area contributed by atoms with E-state index >= 15 is 0 Å². The van der Waals surface area contributed by atoms with Crippen LogP contribution in [0.15, 0.2) is 91.3 Å². The fourth-order valence-electron chi connectivity index (χ4n) is 5.03. The second-order valence-electron chi connectivity index (χ2n) is 11.1. The number of hydrogen-bond acceptors (Lipinski definition) is 7. The molecule has 6 aromatic heterocycles. The number of hydrogen-bond donors (Lipinski definition) is 0. The second-order valence-corrected chi connectivity index (χ2v) is 11.1. The van der Waals surface area contributed by atoms with Crippen molar-refractivity contribution in [1.82, 2.24) is 49.1 Å². The Morgan fingerprint density at radius 3 is 1.20 bits per heavy atom. The van der Waals surface area contributed by atoms with E-state index in [1.165, 1.54) is 29.2 Å². The Hall–Kier alpha value is -5.99. The van der Waals surface area contributed by atoms with E-state index in [0.717, 1.165) is 24.5 Å². The van der Waals surface area contributed by atoms with Gasteiger partial charge >= 0.3 is 45.8 Å². The van der Waals surface area contributed by atoms with Gasteiger partial charge in [-0.3, -0.25) is 25.1 Å². The SMILES string of the molecule is FC(F)(F)c1c[c-]n(-c2nc(N(c3ccccc3)c3ccc(-n4ccc(C(F)(F)F)n4)c(-n4[c-]cc(C(F)(F)F)n4)n3)ccc2-n2ccc(C(F)(F)F)n2)n1.[Pt+2]. The standard InChI is InChI=1S/C32H15F12N11.Pt/c33-29(34,35)21-10-14-51(47-21)19-6-8-25(45-27(19)53-16-12-23(49-53)31(39,40)41)55(18-4-2-1-3-5-18)26-9-7-20(52-15-11-22(48-52)30(36,37)38)28(46-26)54-17-13-24(50-54)32(42,43)44;/h1-15H;/q-2;+2. The van der Waals surface area contributed by atoms with Gasteiger partial charge in [0.15, 0.2) is 11.4 Å². The molecule has 0 bridgehead atoms. The molecule has 0 saturated carbocycles. The molecule has 0 aliphatic rings. The van der Waals surface area contributed by atoms with Crippen molar-refractivity contribution in [1.29, 1.82) is 0 Å². The van der Waals surface area contributed by atoms with E-state index in [1.807, 2.05) is 0 Å². The van der Waals surface area contributed by atoms with Crippen LogP contribution in [0.3, 0.4) is 0 Å². The summed E-state index contributed by atoms with van der Waals surface area (Å²) in [5.74, 6) is -1.44. The largest absolute Gasteiger partial charge is 2.00 e. The first-order chi connectivity index (χ1) is 25.8. The summed E-state index contributed by atoms with van der Waals surface area (Å²) < 4.78 is 165. The van der Waals surface area contributed by atoms with Gasteiger partial charge in [-0.15, -0.1) is 12.1 Å². The third-order valence-corrected chi connectivity index (χ3v) is 7.45. The summed E-state index contributed by atoms with van der Waals surface area (Å²) in [4.78, 5) is 10.1. The molecular weight excluding hydrogens is 961 g/mol. The summed E-state index contributed by atoms with van der Waals surface area (Å²) in [6.07, 6.45) is -13.5. The van der Waals surface area contributed by atoms with Crippen molar-refractivity contribution < 1.29 is 73.8 Å². The van der Waals surface area contributed by atoms with Crippen LogP contribution in [0.5, 0.6) is 0 Å². The zero-order chi connectivity index (χ0) is 39.5. The van der Waals surface area contributed by atoms with Crippen LogP contribution in [-0.2, 0) is 45.8 Å². The molecule has 0 atom stereocenters. The van der Waals surface area contributed by atoms with Crippen LogP contribution in [-0.4, -0.2) is 49.1 Å². The first-order valence-electron chi connectivity index (χ1n) is 15.0. The van der Waals surface area contributed by atoms with E-state index in [2.05, 4.69) is 42.8 Å². The van der Waals surface area contributed by atoms with E-state index in [4.69, 9.17) is 0 Å². The van der Waals surface area contributed by atoms with E-state index in [-0.39, 0.29) is 49.8 Å². The Kier molecular flexibility index (Phi) is 10.1. The number of benzene rings is 1. The van der Waals surface area contributed by atoms with Gasteiger partial charge in [0, 0.05) is 18.1 Å². The number of nitrogens with zero attached hydrogens (tertiary/aromatic N) is 11. The van der Waals surface area contributed by atoms with Gasteiger partial charge in [0.05, 0.1) is 34.4 Å². The topological polar surface area (TPSA) is 100 Å². The first kappa shape index (κ1) is 39.7. The maximum Gasteiger partial charge on any atom is 2.00 e. The zero-order valence-corrected chi connectivity index (χ0v) is 29.2.